The maximum Gasteiger partial charge on any atom is 0.407 e. The number of carbonyl (C=O) groups is 1. The van der Waals surface area contributed by atoms with E-state index in [0.29, 0.717) is 25.7 Å². The highest BCUT2D eigenvalue weighted by Gasteiger charge is 2.35. The highest BCUT2D eigenvalue weighted by atomic mass is 19.3. The fourth-order valence-corrected chi connectivity index (χ4v) is 3.57. The van der Waals surface area contributed by atoms with Crippen LogP contribution in [0.3, 0.4) is 0 Å². The molecule has 29 heavy (non-hydrogen) atoms. The Hall–Kier alpha value is -2.70. The maximum absolute atomic E-state index is 14.3. The Morgan fingerprint density at radius 1 is 1.41 bits per heavy atom. The van der Waals surface area contributed by atoms with Gasteiger partial charge in [-0.3, -0.25) is 0 Å². The zero-order chi connectivity index (χ0) is 21.8. The Balaban J connectivity index is 2.07. The van der Waals surface area contributed by atoms with Gasteiger partial charge < -0.3 is 20.1 Å². The Kier molecular flexibility index (Phi) is 7.16. The molecule has 160 valence electrons. The lowest BCUT2D eigenvalue weighted by Crippen LogP contribution is -2.52. The Labute approximate surface area is 167 Å². The predicted molar refractivity (Wildman–Crippen MR) is 99.7 cm³/mol. The fourth-order valence-electron chi connectivity index (χ4n) is 3.57. The molecule has 2 rings (SSSR count). The topological polar surface area (TPSA) is 98.5 Å². The number of amides is 1. The first-order valence-corrected chi connectivity index (χ1v) is 9.33. The summed E-state index contributed by atoms with van der Waals surface area (Å²) in [6, 6.07) is 2.26. The Bertz CT molecular complexity index is 769. The number of ether oxygens (including phenoxy) is 1. The SMILES string of the molecule is CC(C)(C)N(C(=O)O)[C@H]1CC[C@H](Nc2nc(OCC(F)F)c(C#N)cc2F)CC1. The Morgan fingerprint density at radius 2 is 2.03 bits per heavy atom. The molecule has 0 aliphatic heterocycles. The number of nitrogens with one attached hydrogen (secondary N) is 1. The molecule has 0 saturated heterocycles. The highest BCUT2D eigenvalue weighted by molar-refractivity contribution is 5.66. The number of pyridine rings is 1. The second-order valence-electron chi connectivity index (χ2n) is 7.96. The van der Waals surface area contributed by atoms with Crippen LogP contribution >= 0.6 is 0 Å². The molecule has 0 aromatic carbocycles. The first kappa shape index (κ1) is 22.6. The first-order chi connectivity index (χ1) is 13.5. The summed E-state index contributed by atoms with van der Waals surface area (Å²) in [5.74, 6) is -1.31. The van der Waals surface area contributed by atoms with Crippen LogP contribution in [-0.4, -0.2) is 51.7 Å². The number of alkyl halides is 2. The van der Waals surface area contributed by atoms with Crippen LogP contribution in [0.15, 0.2) is 6.07 Å². The van der Waals surface area contributed by atoms with E-state index in [1.807, 2.05) is 20.8 Å². The largest absolute Gasteiger partial charge is 0.471 e. The van der Waals surface area contributed by atoms with E-state index in [0.717, 1.165) is 6.07 Å². The van der Waals surface area contributed by atoms with Gasteiger partial charge in [0, 0.05) is 23.7 Å². The van der Waals surface area contributed by atoms with Gasteiger partial charge in [-0.25, -0.2) is 18.0 Å². The number of rotatable bonds is 6. The van der Waals surface area contributed by atoms with E-state index in [4.69, 9.17) is 10.00 Å². The molecule has 10 heteroatoms. The number of halogens is 3. The lowest BCUT2D eigenvalue weighted by Gasteiger charge is -2.42. The summed E-state index contributed by atoms with van der Waals surface area (Å²) < 4.78 is 43.9. The molecular weight excluding hydrogens is 389 g/mol. The van der Waals surface area contributed by atoms with E-state index in [2.05, 4.69) is 10.3 Å². The molecular formula is C19H25F3N4O3. The van der Waals surface area contributed by atoms with Crippen LogP contribution in [0.25, 0.3) is 0 Å². The maximum atomic E-state index is 14.3. The van der Waals surface area contributed by atoms with Crippen LogP contribution in [0.4, 0.5) is 23.8 Å². The van der Waals surface area contributed by atoms with Gasteiger partial charge >= 0.3 is 6.09 Å². The van der Waals surface area contributed by atoms with Gasteiger partial charge in [0.25, 0.3) is 6.43 Å². The average molecular weight is 414 g/mol. The lowest BCUT2D eigenvalue weighted by molar-refractivity contribution is 0.0556. The van der Waals surface area contributed by atoms with Gasteiger partial charge in [0.15, 0.2) is 18.2 Å². The summed E-state index contributed by atoms with van der Waals surface area (Å²) in [4.78, 5) is 16.9. The lowest BCUT2D eigenvalue weighted by atomic mass is 9.88. The quantitative estimate of drug-likeness (QED) is 0.723. The molecule has 0 unspecified atom stereocenters. The van der Waals surface area contributed by atoms with Crippen LogP contribution in [0, 0.1) is 17.1 Å². The van der Waals surface area contributed by atoms with E-state index in [-0.39, 0.29) is 29.3 Å². The summed E-state index contributed by atoms with van der Waals surface area (Å²) in [7, 11) is 0. The first-order valence-electron chi connectivity index (χ1n) is 9.33. The second kappa shape index (κ2) is 9.20. The molecule has 0 bridgehead atoms. The van der Waals surface area contributed by atoms with Crippen molar-refractivity contribution in [3.63, 3.8) is 0 Å². The summed E-state index contributed by atoms with van der Waals surface area (Å²) in [6.07, 6.45) is -1.38. The molecule has 1 saturated carbocycles. The predicted octanol–water partition coefficient (Wildman–Crippen LogP) is 4.24. The number of hydrogen-bond acceptors (Lipinski definition) is 5. The summed E-state index contributed by atoms with van der Waals surface area (Å²) in [6.45, 7) is 4.56. The number of hydrogen-bond donors (Lipinski definition) is 2. The summed E-state index contributed by atoms with van der Waals surface area (Å²) in [5, 5.41) is 21.5. The van der Waals surface area contributed by atoms with Crippen LogP contribution in [0.1, 0.15) is 52.0 Å². The van der Waals surface area contributed by atoms with Gasteiger partial charge in [0.1, 0.15) is 11.6 Å². The van der Waals surface area contributed by atoms with Crippen LogP contribution in [0.2, 0.25) is 0 Å². The third-order valence-electron chi connectivity index (χ3n) is 4.74. The number of nitrogens with zero attached hydrogens (tertiary/aromatic N) is 3. The van der Waals surface area contributed by atoms with Crippen LogP contribution < -0.4 is 10.1 Å². The monoisotopic (exact) mass is 414 g/mol. The Morgan fingerprint density at radius 3 is 2.52 bits per heavy atom. The number of aromatic nitrogens is 1. The van der Waals surface area contributed by atoms with Crippen molar-refractivity contribution in [2.75, 3.05) is 11.9 Å². The van der Waals surface area contributed by atoms with Gasteiger partial charge in [0.05, 0.1) is 0 Å². The van der Waals surface area contributed by atoms with Gasteiger partial charge in [-0.2, -0.15) is 10.2 Å². The van der Waals surface area contributed by atoms with Crippen molar-refractivity contribution in [3.8, 4) is 11.9 Å². The van der Waals surface area contributed by atoms with Gasteiger partial charge in [-0.1, -0.05) is 0 Å². The van der Waals surface area contributed by atoms with Gasteiger partial charge in [0.2, 0.25) is 5.88 Å². The molecule has 1 fully saturated rings. The molecule has 1 amide bonds. The number of carboxylic acid groups (broad SMARTS) is 1. The minimum Gasteiger partial charge on any atom is -0.471 e. The van der Waals surface area contributed by atoms with Crippen molar-refractivity contribution in [2.24, 2.45) is 0 Å². The van der Waals surface area contributed by atoms with E-state index in [1.54, 1.807) is 6.07 Å². The zero-order valence-corrected chi connectivity index (χ0v) is 16.6. The molecule has 1 aromatic rings. The minimum atomic E-state index is -2.75. The van der Waals surface area contributed by atoms with Gasteiger partial charge in [-0.15, -0.1) is 0 Å². The third kappa shape index (κ3) is 5.89. The van der Waals surface area contributed by atoms with Gasteiger partial charge in [-0.05, 0) is 46.5 Å². The molecule has 0 atom stereocenters. The molecule has 1 aliphatic rings. The molecule has 0 spiro atoms. The van der Waals surface area contributed by atoms with E-state index in [1.165, 1.54) is 4.90 Å². The van der Waals surface area contributed by atoms with Crippen molar-refractivity contribution in [2.45, 2.75) is 70.5 Å². The average Bonchev–Trinajstić information content (AvgIpc) is 2.61. The smallest absolute Gasteiger partial charge is 0.407 e. The third-order valence-corrected chi connectivity index (χ3v) is 4.74. The molecule has 2 N–H and O–H groups in total. The number of anilines is 1. The number of nitriles is 1. The van der Waals surface area contributed by atoms with Crippen molar-refractivity contribution < 1.29 is 27.8 Å². The van der Waals surface area contributed by atoms with Crippen molar-refractivity contribution >= 4 is 11.9 Å². The van der Waals surface area contributed by atoms with Crippen molar-refractivity contribution in [1.82, 2.24) is 9.88 Å². The highest BCUT2D eigenvalue weighted by Crippen LogP contribution is 2.31. The van der Waals surface area contributed by atoms with E-state index >= 15 is 0 Å². The molecule has 0 radical (unpaired) electrons. The van der Waals surface area contributed by atoms with E-state index in [9.17, 15) is 23.1 Å². The molecule has 1 heterocycles. The second-order valence-corrected chi connectivity index (χ2v) is 7.96. The normalized spacial score (nSPS) is 19.5. The molecule has 1 aliphatic carbocycles. The zero-order valence-electron chi connectivity index (χ0n) is 16.6. The summed E-state index contributed by atoms with van der Waals surface area (Å²) >= 11 is 0. The minimum absolute atomic E-state index is 0.144. The standard InChI is InChI=1S/C19H25F3N4O3/c1-19(2,3)26(18(27)28)13-6-4-12(5-7-13)24-16-14(20)8-11(9-23)17(25-16)29-10-15(21)22/h8,12-13,15H,4-7,10H2,1-3H3,(H,24,25)(H,27,28)/t12-,13-. The van der Waals surface area contributed by atoms with E-state index < -0.39 is 30.5 Å². The van der Waals surface area contributed by atoms with Crippen LogP contribution in [0.5, 0.6) is 5.88 Å². The fraction of sp³-hybridized carbons (Fsp3) is 0.632. The summed E-state index contributed by atoms with van der Waals surface area (Å²) in [5.41, 5.74) is -0.797. The van der Waals surface area contributed by atoms with Crippen molar-refractivity contribution in [1.29, 1.82) is 5.26 Å². The molecule has 1 aromatic heterocycles. The van der Waals surface area contributed by atoms with Crippen LogP contribution in [-0.2, 0) is 0 Å². The molecule has 7 nitrogen and oxygen atoms in total. The van der Waals surface area contributed by atoms with Crippen molar-refractivity contribution in [3.05, 3.63) is 17.4 Å².